The van der Waals surface area contributed by atoms with Gasteiger partial charge in [0.25, 0.3) is 5.91 Å². The van der Waals surface area contributed by atoms with Crippen LogP contribution >= 0.6 is 0 Å². The number of nitrogens with zero attached hydrogens (tertiary/aromatic N) is 2. The third-order valence-electron chi connectivity index (χ3n) is 7.82. The van der Waals surface area contributed by atoms with Gasteiger partial charge in [-0.05, 0) is 45.6 Å². The van der Waals surface area contributed by atoms with Gasteiger partial charge in [0.1, 0.15) is 5.60 Å². The van der Waals surface area contributed by atoms with Crippen LogP contribution in [0.1, 0.15) is 64.9 Å². The van der Waals surface area contributed by atoms with E-state index >= 15 is 0 Å². The van der Waals surface area contributed by atoms with Crippen molar-refractivity contribution < 1.29 is 14.3 Å². The minimum Gasteiger partial charge on any atom is -0.450 e. The molecule has 1 aromatic carbocycles. The monoisotopic (exact) mass is 453 g/mol. The third kappa shape index (κ3) is 5.33. The summed E-state index contributed by atoms with van der Waals surface area (Å²) in [5.41, 5.74) is 1.54. The van der Waals surface area contributed by atoms with Crippen LogP contribution in [0.5, 0.6) is 0 Å². The first-order valence-corrected chi connectivity index (χ1v) is 12.6. The molecule has 1 aromatic rings. The van der Waals surface area contributed by atoms with Gasteiger partial charge < -0.3 is 10.1 Å². The number of likely N-dealkylation sites (tertiary alicyclic amines) is 2. The molecule has 1 spiro atoms. The van der Waals surface area contributed by atoms with Crippen LogP contribution in [0.3, 0.4) is 0 Å². The predicted molar refractivity (Wildman–Crippen MR) is 130 cm³/mol. The quantitative estimate of drug-likeness (QED) is 0.504. The zero-order chi connectivity index (χ0) is 23.4. The summed E-state index contributed by atoms with van der Waals surface area (Å²) in [6.07, 6.45) is 6.06. The number of esters is 1. The molecule has 2 fully saturated rings. The standard InChI is InChI=1S/C27H39N3O3/c1-20-9-7-10-21(2)30(20)16-8-15-28-25(31)24-22(3)26(32)33-27(24)13-17-29(18-14-27)19-23-11-5-4-6-12-23/h4-6,11-12,20-21H,7-10,13-19H2,1-3H3,(H,28,31). The van der Waals surface area contributed by atoms with Crippen LogP contribution < -0.4 is 5.32 Å². The Morgan fingerprint density at radius 2 is 1.79 bits per heavy atom. The van der Waals surface area contributed by atoms with E-state index in [0.717, 1.165) is 32.6 Å². The Morgan fingerprint density at radius 3 is 2.45 bits per heavy atom. The summed E-state index contributed by atoms with van der Waals surface area (Å²) >= 11 is 0. The van der Waals surface area contributed by atoms with Gasteiger partial charge in [-0.15, -0.1) is 0 Å². The van der Waals surface area contributed by atoms with Crippen molar-refractivity contribution in [2.24, 2.45) is 0 Å². The van der Waals surface area contributed by atoms with Gasteiger partial charge in [-0.1, -0.05) is 36.8 Å². The Balaban J connectivity index is 1.32. The Bertz CT molecular complexity index is 864. The van der Waals surface area contributed by atoms with Gasteiger partial charge in [-0.3, -0.25) is 14.6 Å². The molecule has 180 valence electrons. The SMILES string of the molecule is CC1=C(C(=O)NCCCN2C(C)CCCC2C)C2(CCN(Cc3ccccc3)CC2)OC1=O. The van der Waals surface area contributed by atoms with Crippen molar-refractivity contribution in [2.75, 3.05) is 26.2 Å². The topological polar surface area (TPSA) is 61.9 Å². The lowest BCUT2D eigenvalue weighted by atomic mass is 9.82. The van der Waals surface area contributed by atoms with E-state index in [2.05, 4.69) is 53.2 Å². The fourth-order valence-electron chi connectivity index (χ4n) is 5.86. The molecule has 2 saturated heterocycles. The fourth-order valence-corrected chi connectivity index (χ4v) is 5.86. The van der Waals surface area contributed by atoms with E-state index in [4.69, 9.17) is 4.74 Å². The Morgan fingerprint density at radius 1 is 1.12 bits per heavy atom. The van der Waals surface area contributed by atoms with Crippen molar-refractivity contribution in [1.82, 2.24) is 15.1 Å². The molecule has 2 atom stereocenters. The lowest BCUT2D eigenvalue weighted by molar-refractivity contribution is -0.151. The van der Waals surface area contributed by atoms with Crippen molar-refractivity contribution in [3.05, 3.63) is 47.0 Å². The second-order valence-electron chi connectivity index (χ2n) is 10.1. The number of rotatable bonds is 7. The van der Waals surface area contributed by atoms with Crippen LogP contribution in [0.2, 0.25) is 0 Å². The zero-order valence-electron chi connectivity index (χ0n) is 20.4. The van der Waals surface area contributed by atoms with Crippen molar-refractivity contribution in [2.45, 2.75) is 83.5 Å². The number of carbonyl (C=O) groups is 2. The average molecular weight is 454 g/mol. The first-order chi connectivity index (χ1) is 15.9. The smallest absolute Gasteiger partial charge is 0.335 e. The first kappa shape index (κ1) is 24.0. The van der Waals surface area contributed by atoms with Crippen molar-refractivity contribution in [1.29, 1.82) is 0 Å². The minimum absolute atomic E-state index is 0.130. The van der Waals surface area contributed by atoms with Crippen LogP contribution in [0.15, 0.2) is 41.5 Å². The molecule has 4 rings (SSSR count). The maximum atomic E-state index is 13.2. The highest BCUT2D eigenvalue weighted by Crippen LogP contribution is 2.41. The molecule has 1 N–H and O–H groups in total. The maximum Gasteiger partial charge on any atom is 0.335 e. The zero-order valence-corrected chi connectivity index (χ0v) is 20.4. The summed E-state index contributed by atoms with van der Waals surface area (Å²) in [4.78, 5) is 30.6. The van der Waals surface area contributed by atoms with Crippen LogP contribution in [0, 0.1) is 0 Å². The summed E-state index contributed by atoms with van der Waals surface area (Å²) in [5, 5.41) is 3.10. The van der Waals surface area contributed by atoms with E-state index < -0.39 is 5.60 Å². The van der Waals surface area contributed by atoms with Crippen LogP contribution in [0.4, 0.5) is 0 Å². The number of nitrogens with one attached hydrogen (secondary N) is 1. The molecule has 3 heterocycles. The second kappa shape index (κ2) is 10.4. The number of hydrogen-bond acceptors (Lipinski definition) is 5. The molecule has 0 aliphatic carbocycles. The highest BCUT2D eigenvalue weighted by atomic mass is 16.6. The highest BCUT2D eigenvalue weighted by molar-refractivity contribution is 6.07. The van der Waals surface area contributed by atoms with E-state index in [-0.39, 0.29) is 11.9 Å². The van der Waals surface area contributed by atoms with Gasteiger partial charge in [0.15, 0.2) is 0 Å². The summed E-state index contributed by atoms with van der Waals surface area (Å²) in [6, 6.07) is 11.6. The average Bonchev–Trinajstić information content (AvgIpc) is 3.04. The molecule has 1 amide bonds. The summed E-state index contributed by atoms with van der Waals surface area (Å²) in [7, 11) is 0. The van der Waals surface area contributed by atoms with E-state index in [1.54, 1.807) is 6.92 Å². The molecule has 6 heteroatoms. The van der Waals surface area contributed by atoms with Gasteiger partial charge in [0.05, 0.1) is 5.57 Å². The fraction of sp³-hybridized carbons (Fsp3) is 0.630. The van der Waals surface area contributed by atoms with Gasteiger partial charge >= 0.3 is 5.97 Å². The van der Waals surface area contributed by atoms with Crippen molar-refractivity contribution in [3.63, 3.8) is 0 Å². The normalized spacial score (nSPS) is 26.0. The van der Waals surface area contributed by atoms with Gasteiger partial charge in [0.2, 0.25) is 0 Å². The molecule has 0 aromatic heterocycles. The number of benzene rings is 1. The van der Waals surface area contributed by atoms with Crippen LogP contribution in [0.25, 0.3) is 0 Å². The van der Waals surface area contributed by atoms with Gasteiger partial charge in [-0.2, -0.15) is 0 Å². The summed E-state index contributed by atoms with van der Waals surface area (Å²) in [6.45, 7) is 10.4. The minimum atomic E-state index is -0.770. The number of amides is 1. The van der Waals surface area contributed by atoms with Crippen LogP contribution in [-0.2, 0) is 20.9 Å². The Labute approximate surface area is 198 Å². The molecule has 2 unspecified atom stereocenters. The van der Waals surface area contributed by atoms with E-state index in [0.29, 0.717) is 42.6 Å². The predicted octanol–water partition coefficient (Wildman–Crippen LogP) is 3.66. The molecule has 33 heavy (non-hydrogen) atoms. The Hall–Kier alpha value is -2.18. The second-order valence-corrected chi connectivity index (χ2v) is 10.1. The summed E-state index contributed by atoms with van der Waals surface area (Å²) in [5.74, 6) is -0.470. The van der Waals surface area contributed by atoms with Crippen LogP contribution in [-0.4, -0.2) is 65.5 Å². The molecular weight excluding hydrogens is 414 g/mol. The van der Waals surface area contributed by atoms with Crippen molar-refractivity contribution in [3.8, 4) is 0 Å². The maximum absolute atomic E-state index is 13.2. The Kier molecular flexibility index (Phi) is 7.55. The van der Waals surface area contributed by atoms with E-state index in [1.165, 1.54) is 24.8 Å². The number of hydrogen-bond donors (Lipinski definition) is 1. The summed E-state index contributed by atoms with van der Waals surface area (Å²) < 4.78 is 5.86. The molecular formula is C27H39N3O3. The largest absolute Gasteiger partial charge is 0.450 e. The van der Waals surface area contributed by atoms with Crippen molar-refractivity contribution >= 4 is 11.9 Å². The molecule has 3 aliphatic rings. The van der Waals surface area contributed by atoms with Gasteiger partial charge in [0, 0.05) is 63.2 Å². The first-order valence-electron chi connectivity index (χ1n) is 12.6. The molecule has 0 radical (unpaired) electrons. The van der Waals surface area contributed by atoms with Gasteiger partial charge in [-0.25, -0.2) is 4.79 Å². The highest BCUT2D eigenvalue weighted by Gasteiger charge is 2.50. The number of piperidine rings is 2. The molecule has 3 aliphatic heterocycles. The number of ether oxygens (including phenoxy) is 1. The lowest BCUT2D eigenvalue weighted by Gasteiger charge is -2.39. The molecule has 0 bridgehead atoms. The lowest BCUT2D eigenvalue weighted by Crippen LogP contribution is -2.49. The number of carbonyl (C=O) groups excluding carboxylic acids is 2. The van der Waals surface area contributed by atoms with E-state index in [1.807, 2.05) is 6.07 Å². The van der Waals surface area contributed by atoms with E-state index in [9.17, 15) is 9.59 Å². The molecule has 0 saturated carbocycles. The molecule has 6 nitrogen and oxygen atoms in total. The third-order valence-corrected chi connectivity index (χ3v) is 7.82.